The van der Waals surface area contributed by atoms with E-state index in [4.69, 9.17) is 4.74 Å². The topological polar surface area (TPSA) is 41.6 Å². The van der Waals surface area contributed by atoms with Gasteiger partial charge in [-0.25, -0.2) is 0 Å². The van der Waals surface area contributed by atoms with Gasteiger partial charge in [0.2, 0.25) is 5.91 Å². The maximum absolute atomic E-state index is 12.9. The zero-order valence-corrected chi connectivity index (χ0v) is 16.7. The van der Waals surface area contributed by atoms with Crippen LogP contribution >= 0.6 is 0 Å². The number of hydrogen-bond donors (Lipinski definition) is 1. The van der Waals surface area contributed by atoms with Gasteiger partial charge in [0.1, 0.15) is 5.75 Å². The second kappa shape index (κ2) is 8.78. The first-order valence-corrected chi connectivity index (χ1v) is 10.5. The molecule has 1 N–H and O–H groups in total. The van der Waals surface area contributed by atoms with Crippen LogP contribution in [0.1, 0.15) is 48.3 Å². The number of nitrogens with one attached hydrogen (secondary N) is 1. The van der Waals surface area contributed by atoms with E-state index in [1.165, 1.54) is 16.7 Å². The molecule has 0 spiro atoms. The van der Waals surface area contributed by atoms with Gasteiger partial charge in [0.05, 0.1) is 13.0 Å². The van der Waals surface area contributed by atoms with Crippen molar-refractivity contribution in [1.29, 1.82) is 0 Å². The van der Waals surface area contributed by atoms with E-state index < -0.39 is 0 Å². The molecule has 1 aliphatic carbocycles. The summed E-state index contributed by atoms with van der Waals surface area (Å²) in [5.74, 6) is 1.16. The standard InChI is InChI=1S/C24H30N2O2/c1-28-21-9-4-6-18(16-21)17-26-14-12-20(13-15-26)25-24(27)23-11-5-8-19-7-2-3-10-22(19)23/h2-4,6-7,9-10,16,20,23H,5,8,11-15,17H2,1H3,(H,25,27). The third kappa shape index (κ3) is 4.39. The first kappa shape index (κ1) is 19.0. The van der Waals surface area contributed by atoms with Crippen LogP contribution < -0.4 is 10.1 Å². The van der Waals surface area contributed by atoms with E-state index in [0.717, 1.165) is 57.5 Å². The van der Waals surface area contributed by atoms with Crippen molar-refractivity contribution < 1.29 is 9.53 Å². The molecule has 28 heavy (non-hydrogen) atoms. The molecule has 2 aromatic carbocycles. The smallest absolute Gasteiger partial charge is 0.227 e. The van der Waals surface area contributed by atoms with Crippen LogP contribution in [0.5, 0.6) is 5.75 Å². The number of benzene rings is 2. The molecular formula is C24H30N2O2. The molecule has 4 rings (SSSR count). The van der Waals surface area contributed by atoms with Gasteiger partial charge in [0.15, 0.2) is 0 Å². The lowest BCUT2D eigenvalue weighted by Gasteiger charge is -2.34. The molecule has 1 unspecified atom stereocenters. The number of nitrogens with zero attached hydrogens (tertiary/aromatic N) is 1. The van der Waals surface area contributed by atoms with Crippen molar-refractivity contribution in [3.05, 3.63) is 65.2 Å². The Morgan fingerprint density at radius 2 is 1.93 bits per heavy atom. The Morgan fingerprint density at radius 3 is 2.75 bits per heavy atom. The fourth-order valence-electron chi connectivity index (χ4n) is 4.59. The van der Waals surface area contributed by atoms with Crippen LogP contribution in [0, 0.1) is 0 Å². The number of piperidine rings is 1. The molecule has 1 aliphatic heterocycles. The zero-order chi connectivity index (χ0) is 19.3. The van der Waals surface area contributed by atoms with Gasteiger partial charge in [-0.2, -0.15) is 0 Å². The van der Waals surface area contributed by atoms with Gasteiger partial charge in [-0.05, 0) is 60.9 Å². The van der Waals surface area contributed by atoms with Crippen LogP contribution in [0.4, 0.5) is 0 Å². The molecule has 1 atom stereocenters. The largest absolute Gasteiger partial charge is 0.497 e. The van der Waals surface area contributed by atoms with Crippen LogP contribution in [-0.4, -0.2) is 37.0 Å². The second-order valence-electron chi connectivity index (χ2n) is 8.05. The van der Waals surface area contributed by atoms with Crippen molar-refractivity contribution in [2.45, 2.75) is 50.6 Å². The van der Waals surface area contributed by atoms with Crippen molar-refractivity contribution in [3.8, 4) is 5.75 Å². The number of carbonyl (C=O) groups excluding carboxylic acids is 1. The van der Waals surface area contributed by atoms with E-state index >= 15 is 0 Å². The number of carbonyl (C=O) groups is 1. The SMILES string of the molecule is COc1cccc(CN2CCC(NC(=O)C3CCCc4ccccc43)CC2)c1. The predicted octanol–water partition coefficient (Wildman–Crippen LogP) is 3.90. The van der Waals surface area contributed by atoms with E-state index in [1.54, 1.807) is 7.11 Å². The minimum Gasteiger partial charge on any atom is -0.497 e. The molecule has 0 saturated carbocycles. The van der Waals surface area contributed by atoms with Gasteiger partial charge < -0.3 is 10.1 Å². The Labute approximate surface area is 167 Å². The van der Waals surface area contributed by atoms with Gasteiger partial charge in [-0.1, -0.05) is 36.4 Å². The average molecular weight is 379 g/mol. The summed E-state index contributed by atoms with van der Waals surface area (Å²) in [5.41, 5.74) is 3.87. The number of methoxy groups -OCH3 is 1. The van der Waals surface area contributed by atoms with Gasteiger partial charge >= 0.3 is 0 Å². The monoisotopic (exact) mass is 378 g/mol. The molecule has 0 bridgehead atoms. The van der Waals surface area contributed by atoms with Crippen LogP contribution in [0.15, 0.2) is 48.5 Å². The lowest BCUT2D eigenvalue weighted by molar-refractivity contribution is -0.123. The van der Waals surface area contributed by atoms with E-state index in [-0.39, 0.29) is 11.8 Å². The molecular weight excluding hydrogens is 348 g/mol. The van der Waals surface area contributed by atoms with Crippen molar-refractivity contribution in [2.24, 2.45) is 0 Å². The van der Waals surface area contributed by atoms with E-state index in [1.807, 2.05) is 12.1 Å². The number of hydrogen-bond acceptors (Lipinski definition) is 3. The highest BCUT2D eigenvalue weighted by atomic mass is 16.5. The van der Waals surface area contributed by atoms with Gasteiger partial charge in [-0.3, -0.25) is 9.69 Å². The Kier molecular flexibility index (Phi) is 5.96. The summed E-state index contributed by atoms with van der Waals surface area (Å²) in [6, 6.07) is 17.0. The summed E-state index contributed by atoms with van der Waals surface area (Å²) in [6.45, 7) is 2.97. The minimum absolute atomic E-state index is 0.0276. The lowest BCUT2D eigenvalue weighted by Crippen LogP contribution is -2.46. The van der Waals surface area contributed by atoms with Gasteiger partial charge in [-0.15, -0.1) is 0 Å². The number of amides is 1. The number of fused-ring (bicyclic) bond motifs is 1. The van der Waals surface area contributed by atoms with Crippen molar-refractivity contribution in [1.82, 2.24) is 10.2 Å². The highest BCUT2D eigenvalue weighted by molar-refractivity contribution is 5.84. The lowest BCUT2D eigenvalue weighted by atomic mass is 9.82. The van der Waals surface area contributed by atoms with E-state index in [9.17, 15) is 4.79 Å². The molecule has 1 amide bonds. The first-order chi connectivity index (χ1) is 13.7. The number of likely N-dealkylation sites (tertiary alicyclic amines) is 1. The number of rotatable bonds is 5. The molecule has 0 radical (unpaired) electrons. The van der Waals surface area contributed by atoms with E-state index in [0.29, 0.717) is 6.04 Å². The summed E-state index contributed by atoms with van der Waals surface area (Å²) in [4.78, 5) is 15.4. The number of aryl methyl sites for hydroxylation is 1. The summed E-state index contributed by atoms with van der Waals surface area (Å²) in [6.07, 6.45) is 5.21. The van der Waals surface area contributed by atoms with Gasteiger partial charge in [0.25, 0.3) is 0 Å². The highest BCUT2D eigenvalue weighted by Crippen LogP contribution is 2.32. The molecule has 148 valence electrons. The molecule has 1 saturated heterocycles. The summed E-state index contributed by atoms with van der Waals surface area (Å²) >= 11 is 0. The second-order valence-corrected chi connectivity index (χ2v) is 8.05. The maximum atomic E-state index is 12.9. The molecule has 2 aromatic rings. The van der Waals surface area contributed by atoms with Crippen LogP contribution in [0.3, 0.4) is 0 Å². The Morgan fingerprint density at radius 1 is 1.11 bits per heavy atom. The Balaban J connectivity index is 1.29. The normalized spacial score (nSPS) is 20.4. The fraction of sp³-hybridized carbons (Fsp3) is 0.458. The van der Waals surface area contributed by atoms with Crippen molar-refractivity contribution in [3.63, 3.8) is 0 Å². The number of ether oxygens (including phenoxy) is 1. The summed E-state index contributed by atoms with van der Waals surface area (Å²) in [5, 5.41) is 3.35. The van der Waals surface area contributed by atoms with Crippen LogP contribution in [0.2, 0.25) is 0 Å². The zero-order valence-electron chi connectivity index (χ0n) is 16.7. The highest BCUT2D eigenvalue weighted by Gasteiger charge is 2.28. The van der Waals surface area contributed by atoms with Crippen molar-refractivity contribution >= 4 is 5.91 Å². The average Bonchev–Trinajstić information content (AvgIpc) is 2.75. The fourth-order valence-corrected chi connectivity index (χ4v) is 4.59. The van der Waals surface area contributed by atoms with Crippen molar-refractivity contribution in [2.75, 3.05) is 20.2 Å². The molecule has 0 aromatic heterocycles. The minimum atomic E-state index is 0.0276. The first-order valence-electron chi connectivity index (χ1n) is 10.5. The van der Waals surface area contributed by atoms with Gasteiger partial charge in [0, 0.05) is 25.7 Å². The Hall–Kier alpha value is -2.33. The predicted molar refractivity (Wildman–Crippen MR) is 112 cm³/mol. The molecule has 4 heteroatoms. The molecule has 2 aliphatic rings. The summed E-state index contributed by atoms with van der Waals surface area (Å²) < 4.78 is 5.32. The maximum Gasteiger partial charge on any atom is 0.227 e. The molecule has 1 fully saturated rings. The summed E-state index contributed by atoms with van der Waals surface area (Å²) in [7, 11) is 1.71. The van der Waals surface area contributed by atoms with Crippen LogP contribution in [-0.2, 0) is 17.8 Å². The quantitative estimate of drug-likeness (QED) is 0.858. The third-order valence-corrected chi connectivity index (χ3v) is 6.16. The third-order valence-electron chi connectivity index (χ3n) is 6.16. The Bertz CT molecular complexity index is 812. The van der Waals surface area contributed by atoms with Crippen LogP contribution in [0.25, 0.3) is 0 Å². The molecule has 4 nitrogen and oxygen atoms in total. The van der Waals surface area contributed by atoms with E-state index in [2.05, 4.69) is 46.6 Å². The molecule has 1 heterocycles.